The molecule has 154 valence electrons. The molecule has 1 amide bonds. The third kappa shape index (κ3) is 3.78. The van der Waals surface area contributed by atoms with Gasteiger partial charge in [-0.1, -0.05) is 57.2 Å². The molecule has 0 aromatic heterocycles. The molecule has 4 rings (SSSR count). The quantitative estimate of drug-likeness (QED) is 0.544. The summed E-state index contributed by atoms with van der Waals surface area (Å²) in [5.41, 5.74) is 4.50. The number of hydrogen-bond acceptors (Lipinski definition) is 3. The molecule has 0 bridgehead atoms. The lowest BCUT2D eigenvalue weighted by Crippen LogP contribution is -2.22. The van der Waals surface area contributed by atoms with Crippen molar-refractivity contribution in [2.75, 3.05) is 5.32 Å². The number of phenolic OH excluding ortho intramolecular Hbond substituents is 1. The van der Waals surface area contributed by atoms with Crippen LogP contribution in [0.25, 0.3) is 0 Å². The highest BCUT2D eigenvalue weighted by molar-refractivity contribution is 5.93. The van der Waals surface area contributed by atoms with Gasteiger partial charge in [0.2, 0.25) is 5.91 Å². The zero-order valence-electron chi connectivity index (χ0n) is 17.8. The van der Waals surface area contributed by atoms with Crippen molar-refractivity contribution in [3.05, 3.63) is 82.9 Å². The minimum atomic E-state index is -0.168. The topological polar surface area (TPSA) is 58.6 Å². The van der Waals surface area contributed by atoms with Gasteiger partial charge in [0, 0.05) is 35.2 Å². The second kappa shape index (κ2) is 7.52. The maximum absolute atomic E-state index is 13.2. The molecule has 0 atom stereocenters. The predicted molar refractivity (Wildman–Crippen MR) is 120 cm³/mol. The molecule has 0 saturated carbocycles. The van der Waals surface area contributed by atoms with Gasteiger partial charge in [-0.05, 0) is 41.7 Å². The molecule has 0 unspecified atom stereocenters. The van der Waals surface area contributed by atoms with Gasteiger partial charge < -0.3 is 15.2 Å². The number of nitrogens with one attached hydrogen (secondary N) is 1. The number of rotatable bonds is 3. The minimum Gasteiger partial charge on any atom is -0.508 e. The highest BCUT2D eigenvalue weighted by Gasteiger charge is 2.29. The number of amides is 1. The molecular formula is C26H27NO3. The molecule has 0 spiro atoms. The summed E-state index contributed by atoms with van der Waals surface area (Å²) in [7, 11) is 0. The van der Waals surface area contributed by atoms with Gasteiger partial charge >= 0.3 is 0 Å². The first-order valence-corrected chi connectivity index (χ1v) is 10.2. The van der Waals surface area contributed by atoms with Crippen LogP contribution in [0.4, 0.5) is 5.69 Å². The Balaban J connectivity index is 1.67. The first-order chi connectivity index (χ1) is 14.2. The predicted octanol–water partition coefficient (Wildman–Crippen LogP) is 6.26. The monoisotopic (exact) mass is 401 g/mol. The molecule has 0 aliphatic carbocycles. The third-order valence-corrected chi connectivity index (χ3v) is 5.54. The summed E-state index contributed by atoms with van der Waals surface area (Å²) in [4.78, 5) is 13.2. The third-order valence-electron chi connectivity index (χ3n) is 5.54. The fourth-order valence-electron chi connectivity index (χ4n) is 4.48. The molecule has 3 aromatic carbocycles. The van der Waals surface area contributed by atoms with Crippen LogP contribution in [-0.4, -0.2) is 11.0 Å². The number of phenols is 1. The molecule has 1 heterocycles. The Morgan fingerprint density at radius 3 is 2.13 bits per heavy atom. The molecule has 3 aromatic rings. The van der Waals surface area contributed by atoms with Crippen molar-refractivity contribution in [2.45, 2.75) is 45.4 Å². The van der Waals surface area contributed by atoms with E-state index in [0.717, 1.165) is 33.8 Å². The van der Waals surface area contributed by atoms with Crippen molar-refractivity contribution in [3.63, 3.8) is 0 Å². The number of carbonyl (C=O) groups is 1. The summed E-state index contributed by atoms with van der Waals surface area (Å²) >= 11 is 0. The van der Waals surface area contributed by atoms with Crippen molar-refractivity contribution in [1.82, 2.24) is 0 Å². The standard InChI is InChI=1S/C26H27NO3/c1-16-13-17(28)14-21(25(16)26(2,3)4)27-24(29)15-20-18-9-5-7-11-22(18)30-23-12-8-6-10-19(20)23/h5-14,20,28H,15H2,1-4H3,(H,27,29). The SMILES string of the molecule is Cc1cc(O)cc(NC(=O)CC2c3ccccc3Oc3ccccc32)c1C(C)(C)C. The van der Waals surface area contributed by atoms with E-state index >= 15 is 0 Å². The number of ether oxygens (including phenoxy) is 1. The van der Waals surface area contributed by atoms with Gasteiger partial charge in [-0.3, -0.25) is 4.79 Å². The molecule has 30 heavy (non-hydrogen) atoms. The Morgan fingerprint density at radius 2 is 1.57 bits per heavy atom. The van der Waals surface area contributed by atoms with Gasteiger partial charge in [0.15, 0.2) is 0 Å². The number of aromatic hydroxyl groups is 1. The van der Waals surface area contributed by atoms with Crippen LogP contribution in [0.2, 0.25) is 0 Å². The van der Waals surface area contributed by atoms with Crippen LogP contribution in [0.5, 0.6) is 17.2 Å². The van der Waals surface area contributed by atoms with E-state index in [0.29, 0.717) is 5.69 Å². The molecule has 1 aliphatic rings. The fourth-order valence-corrected chi connectivity index (χ4v) is 4.48. The summed E-state index contributed by atoms with van der Waals surface area (Å²) < 4.78 is 6.04. The zero-order chi connectivity index (χ0) is 21.5. The average molecular weight is 402 g/mol. The molecular weight excluding hydrogens is 374 g/mol. The first-order valence-electron chi connectivity index (χ1n) is 10.2. The van der Waals surface area contributed by atoms with Crippen LogP contribution in [-0.2, 0) is 10.2 Å². The van der Waals surface area contributed by atoms with E-state index in [1.54, 1.807) is 12.1 Å². The summed E-state index contributed by atoms with van der Waals surface area (Å²) in [6.07, 6.45) is 0.287. The lowest BCUT2D eigenvalue weighted by Gasteiger charge is -2.29. The Morgan fingerprint density at radius 1 is 1.00 bits per heavy atom. The van der Waals surface area contributed by atoms with E-state index in [1.165, 1.54) is 0 Å². The summed E-state index contributed by atoms with van der Waals surface area (Å²) in [5, 5.41) is 13.2. The molecule has 2 N–H and O–H groups in total. The number of fused-ring (bicyclic) bond motifs is 2. The Kier molecular flexibility index (Phi) is 5.02. The number of aryl methyl sites for hydroxylation is 1. The van der Waals surface area contributed by atoms with Gasteiger partial charge in [-0.15, -0.1) is 0 Å². The lowest BCUT2D eigenvalue weighted by atomic mass is 9.82. The Bertz CT molecular complexity index is 1070. The highest BCUT2D eigenvalue weighted by atomic mass is 16.5. The van der Waals surface area contributed by atoms with Crippen molar-refractivity contribution < 1.29 is 14.6 Å². The first kappa shape index (κ1) is 20.0. The van der Waals surface area contributed by atoms with Gasteiger partial charge in [-0.2, -0.15) is 0 Å². The van der Waals surface area contributed by atoms with Crippen molar-refractivity contribution in [1.29, 1.82) is 0 Å². The fraction of sp³-hybridized carbons (Fsp3) is 0.269. The van der Waals surface area contributed by atoms with Gasteiger partial charge in [-0.25, -0.2) is 0 Å². The smallest absolute Gasteiger partial charge is 0.225 e. The van der Waals surface area contributed by atoms with Crippen molar-refractivity contribution >= 4 is 11.6 Å². The summed E-state index contributed by atoms with van der Waals surface area (Å²) in [5.74, 6) is 1.54. The molecule has 0 saturated heterocycles. The second-order valence-corrected chi connectivity index (χ2v) is 8.92. The van der Waals surface area contributed by atoms with E-state index in [1.807, 2.05) is 55.5 Å². The Hall–Kier alpha value is -3.27. The van der Waals surface area contributed by atoms with Crippen LogP contribution in [0.15, 0.2) is 60.7 Å². The number of anilines is 1. The summed E-state index contributed by atoms with van der Waals surface area (Å²) in [6.45, 7) is 8.27. The molecule has 1 aliphatic heterocycles. The van der Waals surface area contributed by atoms with Gasteiger partial charge in [0.25, 0.3) is 0 Å². The van der Waals surface area contributed by atoms with Crippen molar-refractivity contribution in [3.8, 4) is 17.2 Å². The van der Waals surface area contributed by atoms with Crippen LogP contribution in [0.3, 0.4) is 0 Å². The van der Waals surface area contributed by atoms with E-state index in [-0.39, 0.29) is 29.4 Å². The molecule has 0 fully saturated rings. The highest BCUT2D eigenvalue weighted by Crippen LogP contribution is 2.45. The van der Waals surface area contributed by atoms with Crippen LogP contribution in [0, 0.1) is 6.92 Å². The van der Waals surface area contributed by atoms with E-state index in [9.17, 15) is 9.90 Å². The van der Waals surface area contributed by atoms with Crippen LogP contribution >= 0.6 is 0 Å². The normalized spacial score (nSPS) is 13.2. The summed E-state index contributed by atoms with van der Waals surface area (Å²) in [6, 6.07) is 19.1. The molecule has 4 heteroatoms. The molecule has 0 radical (unpaired) electrons. The van der Waals surface area contributed by atoms with Gasteiger partial charge in [0.05, 0.1) is 0 Å². The Labute approximate surface area is 177 Å². The maximum atomic E-state index is 13.2. The zero-order valence-corrected chi connectivity index (χ0v) is 17.8. The van der Waals surface area contributed by atoms with Crippen LogP contribution < -0.4 is 10.1 Å². The van der Waals surface area contributed by atoms with Gasteiger partial charge in [0.1, 0.15) is 17.2 Å². The lowest BCUT2D eigenvalue weighted by molar-refractivity contribution is -0.116. The number of hydrogen-bond donors (Lipinski definition) is 2. The van der Waals surface area contributed by atoms with E-state index < -0.39 is 0 Å². The number of carbonyl (C=O) groups excluding carboxylic acids is 1. The van der Waals surface area contributed by atoms with E-state index in [4.69, 9.17) is 4.74 Å². The number of para-hydroxylation sites is 2. The molecule has 4 nitrogen and oxygen atoms in total. The minimum absolute atomic E-state index is 0.0948. The number of benzene rings is 3. The second-order valence-electron chi connectivity index (χ2n) is 8.92. The van der Waals surface area contributed by atoms with Crippen molar-refractivity contribution in [2.24, 2.45) is 0 Å². The van der Waals surface area contributed by atoms with E-state index in [2.05, 4.69) is 26.1 Å². The average Bonchev–Trinajstić information content (AvgIpc) is 2.66. The largest absolute Gasteiger partial charge is 0.508 e. The van der Waals surface area contributed by atoms with Crippen LogP contribution in [0.1, 0.15) is 55.4 Å². The maximum Gasteiger partial charge on any atom is 0.225 e.